The molecular weight excluding hydrogens is 270 g/mol. The summed E-state index contributed by atoms with van der Waals surface area (Å²) in [4.78, 5) is 11.9. The quantitative estimate of drug-likeness (QED) is 0.872. The van der Waals surface area contributed by atoms with Gasteiger partial charge in [0.25, 0.3) is 5.91 Å². The Morgan fingerprint density at radius 2 is 2.19 bits per heavy atom. The van der Waals surface area contributed by atoms with Crippen molar-refractivity contribution in [3.63, 3.8) is 0 Å². The normalized spacial score (nSPS) is 23.7. The van der Waals surface area contributed by atoms with Crippen molar-refractivity contribution < 1.29 is 9.90 Å². The highest BCUT2D eigenvalue weighted by Gasteiger charge is 2.29. The van der Waals surface area contributed by atoms with Crippen molar-refractivity contribution in [1.82, 2.24) is 5.32 Å². The van der Waals surface area contributed by atoms with Crippen LogP contribution in [0.3, 0.4) is 0 Å². The number of aliphatic hydroxyl groups excluding tert-OH is 1. The number of amides is 1. The molecule has 1 fully saturated rings. The molecule has 16 heavy (non-hydrogen) atoms. The first kappa shape index (κ1) is 11.6. The number of carbonyl (C=O) groups is 1. The zero-order chi connectivity index (χ0) is 11.7. The molecule has 0 atom stereocenters. The van der Waals surface area contributed by atoms with Gasteiger partial charge in [0, 0.05) is 10.5 Å². The van der Waals surface area contributed by atoms with Gasteiger partial charge in [0.1, 0.15) is 0 Å². The topological polar surface area (TPSA) is 49.3 Å². The van der Waals surface area contributed by atoms with Crippen molar-refractivity contribution in [2.24, 2.45) is 0 Å². The first-order chi connectivity index (χ1) is 7.58. The van der Waals surface area contributed by atoms with E-state index in [4.69, 9.17) is 5.11 Å². The van der Waals surface area contributed by atoms with Gasteiger partial charge in [-0.1, -0.05) is 12.1 Å². The van der Waals surface area contributed by atoms with Crippen molar-refractivity contribution in [1.29, 1.82) is 0 Å². The predicted molar refractivity (Wildman–Crippen MR) is 65.4 cm³/mol. The summed E-state index contributed by atoms with van der Waals surface area (Å²) in [5.41, 5.74) is 1.70. The van der Waals surface area contributed by atoms with Crippen LogP contribution in [0, 0.1) is 6.92 Å². The Balaban J connectivity index is 2.06. The standard InChI is InChI=1S/C12H14BrNO2/c1-7-3-2-4-10(11(7)13)12(16)14-8-5-9(15)6-8/h2-4,8-9,15H,5-6H2,1H3,(H,14,16). The van der Waals surface area contributed by atoms with Gasteiger partial charge in [-0.05, 0) is 47.3 Å². The van der Waals surface area contributed by atoms with E-state index in [0.29, 0.717) is 18.4 Å². The van der Waals surface area contributed by atoms with Gasteiger partial charge in [0.2, 0.25) is 0 Å². The van der Waals surface area contributed by atoms with E-state index in [9.17, 15) is 4.79 Å². The average molecular weight is 284 g/mol. The molecule has 3 nitrogen and oxygen atoms in total. The van der Waals surface area contributed by atoms with Crippen molar-refractivity contribution in [3.8, 4) is 0 Å². The molecule has 0 heterocycles. The Bertz CT molecular complexity index is 413. The Kier molecular flexibility index (Phi) is 3.30. The molecule has 0 aliphatic heterocycles. The zero-order valence-electron chi connectivity index (χ0n) is 9.03. The van der Waals surface area contributed by atoms with Gasteiger partial charge in [0.05, 0.1) is 11.7 Å². The lowest BCUT2D eigenvalue weighted by molar-refractivity contribution is 0.0562. The number of carbonyl (C=O) groups excluding carboxylic acids is 1. The number of nitrogens with one attached hydrogen (secondary N) is 1. The van der Waals surface area contributed by atoms with E-state index in [1.165, 1.54) is 0 Å². The van der Waals surface area contributed by atoms with E-state index >= 15 is 0 Å². The molecule has 1 aliphatic carbocycles. The Hall–Kier alpha value is -0.870. The lowest BCUT2D eigenvalue weighted by atomic mass is 9.89. The van der Waals surface area contributed by atoms with Gasteiger partial charge >= 0.3 is 0 Å². The van der Waals surface area contributed by atoms with E-state index in [1.54, 1.807) is 6.07 Å². The minimum Gasteiger partial charge on any atom is -0.393 e. The van der Waals surface area contributed by atoms with Crippen LogP contribution >= 0.6 is 15.9 Å². The fourth-order valence-corrected chi connectivity index (χ4v) is 2.24. The second-order valence-electron chi connectivity index (χ2n) is 4.23. The first-order valence-corrected chi connectivity index (χ1v) is 6.11. The van der Waals surface area contributed by atoms with Gasteiger partial charge in [-0.25, -0.2) is 0 Å². The maximum atomic E-state index is 11.9. The number of aliphatic hydroxyl groups is 1. The van der Waals surface area contributed by atoms with Crippen LogP contribution < -0.4 is 5.32 Å². The summed E-state index contributed by atoms with van der Waals surface area (Å²) in [7, 11) is 0. The molecule has 0 aromatic heterocycles. The molecule has 2 rings (SSSR count). The maximum Gasteiger partial charge on any atom is 0.252 e. The van der Waals surface area contributed by atoms with Crippen LogP contribution in [0.2, 0.25) is 0 Å². The first-order valence-electron chi connectivity index (χ1n) is 5.32. The van der Waals surface area contributed by atoms with Crippen molar-refractivity contribution in [2.75, 3.05) is 0 Å². The zero-order valence-corrected chi connectivity index (χ0v) is 10.6. The number of hydrogen-bond donors (Lipinski definition) is 2. The molecule has 1 aromatic rings. The summed E-state index contributed by atoms with van der Waals surface area (Å²) in [5.74, 6) is -0.0764. The number of halogens is 1. The summed E-state index contributed by atoms with van der Waals surface area (Å²) in [5, 5.41) is 12.0. The van der Waals surface area contributed by atoms with Crippen molar-refractivity contribution in [3.05, 3.63) is 33.8 Å². The van der Waals surface area contributed by atoms with Crippen LogP contribution in [0.4, 0.5) is 0 Å². The third-order valence-electron chi connectivity index (χ3n) is 2.88. The average Bonchev–Trinajstić information content (AvgIpc) is 2.19. The lowest BCUT2D eigenvalue weighted by Crippen LogP contribution is -2.46. The molecule has 0 radical (unpaired) electrons. The molecule has 2 N–H and O–H groups in total. The third kappa shape index (κ3) is 2.28. The van der Waals surface area contributed by atoms with Crippen LogP contribution in [-0.2, 0) is 0 Å². The summed E-state index contributed by atoms with van der Waals surface area (Å²) in [6, 6.07) is 5.73. The number of aryl methyl sites for hydroxylation is 1. The smallest absolute Gasteiger partial charge is 0.252 e. The minimum atomic E-state index is -0.244. The molecule has 1 aliphatic rings. The molecule has 0 spiro atoms. The van der Waals surface area contributed by atoms with Gasteiger partial charge < -0.3 is 10.4 Å². The Morgan fingerprint density at radius 1 is 1.50 bits per heavy atom. The van der Waals surface area contributed by atoms with E-state index in [2.05, 4.69) is 21.2 Å². The van der Waals surface area contributed by atoms with Crippen molar-refractivity contribution in [2.45, 2.75) is 31.9 Å². The molecule has 0 bridgehead atoms. The van der Waals surface area contributed by atoms with Gasteiger partial charge in [-0.2, -0.15) is 0 Å². The number of hydrogen-bond acceptors (Lipinski definition) is 2. The summed E-state index contributed by atoms with van der Waals surface area (Å²) >= 11 is 3.41. The molecule has 0 saturated heterocycles. The third-order valence-corrected chi connectivity index (χ3v) is 3.94. The largest absolute Gasteiger partial charge is 0.393 e. The van der Waals surface area contributed by atoms with Crippen LogP contribution in [0.1, 0.15) is 28.8 Å². The fourth-order valence-electron chi connectivity index (χ4n) is 1.79. The number of benzene rings is 1. The highest BCUT2D eigenvalue weighted by atomic mass is 79.9. The van der Waals surface area contributed by atoms with Crippen LogP contribution in [0.25, 0.3) is 0 Å². The van der Waals surface area contributed by atoms with E-state index in [-0.39, 0.29) is 18.1 Å². The van der Waals surface area contributed by atoms with E-state index < -0.39 is 0 Å². The van der Waals surface area contributed by atoms with Gasteiger partial charge in [-0.15, -0.1) is 0 Å². The van der Waals surface area contributed by atoms with Crippen LogP contribution in [0.5, 0.6) is 0 Å². The minimum absolute atomic E-state index is 0.0764. The molecule has 4 heteroatoms. The molecule has 0 unspecified atom stereocenters. The van der Waals surface area contributed by atoms with Gasteiger partial charge in [-0.3, -0.25) is 4.79 Å². The molecule has 86 valence electrons. The highest BCUT2D eigenvalue weighted by Crippen LogP contribution is 2.23. The summed E-state index contributed by atoms with van der Waals surface area (Å²) < 4.78 is 0.840. The SMILES string of the molecule is Cc1cccc(C(=O)NC2CC(O)C2)c1Br. The Labute approximate surface area is 103 Å². The molecule has 1 saturated carbocycles. The van der Waals surface area contributed by atoms with E-state index in [1.807, 2.05) is 19.1 Å². The second-order valence-corrected chi connectivity index (χ2v) is 5.03. The molecule has 1 amide bonds. The van der Waals surface area contributed by atoms with E-state index in [0.717, 1.165) is 10.0 Å². The fraction of sp³-hybridized carbons (Fsp3) is 0.417. The molecular formula is C12H14BrNO2. The maximum absolute atomic E-state index is 11.9. The summed E-state index contributed by atoms with van der Waals surface area (Å²) in [6.45, 7) is 1.95. The van der Waals surface area contributed by atoms with Crippen LogP contribution in [0.15, 0.2) is 22.7 Å². The Morgan fingerprint density at radius 3 is 2.81 bits per heavy atom. The highest BCUT2D eigenvalue weighted by molar-refractivity contribution is 9.10. The molecule has 1 aromatic carbocycles. The lowest BCUT2D eigenvalue weighted by Gasteiger charge is -2.32. The number of rotatable bonds is 2. The van der Waals surface area contributed by atoms with Gasteiger partial charge in [0.15, 0.2) is 0 Å². The van der Waals surface area contributed by atoms with Crippen molar-refractivity contribution >= 4 is 21.8 Å². The predicted octanol–water partition coefficient (Wildman–Crippen LogP) is 2.01. The van der Waals surface area contributed by atoms with Crippen LogP contribution in [-0.4, -0.2) is 23.2 Å². The monoisotopic (exact) mass is 283 g/mol. The summed E-state index contributed by atoms with van der Waals surface area (Å²) in [6.07, 6.45) is 1.08. The second kappa shape index (κ2) is 4.55.